The Morgan fingerprint density at radius 3 is 3.10 bits per heavy atom. The summed E-state index contributed by atoms with van der Waals surface area (Å²) in [5.41, 5.74) is 2.05. The highest BCUT2D eigenvalue weighted by molar-refractivity contribution is 9.10. The molecule has 1 saturated heterocycles. The zero-order valence-corrected chi connectivity index (χ0v) is 12.1. The average molecular weight is 341 g/mol. The van der Waals surface area contributed by atoms with Gasteiger partial charge in [-0.2, -0.15) is 0 Å². The quantitative estimate of drug-likeness (QED) is 0.849. The molecule has 1 aromatic carbocycles. The molecule has 1 saturated carbocycles. The number of benzene rings is 1. The molecule has 1 aromatic rings. The second-order valence-electron chi connectivity index (χ2n) is 5.43. The van der Waals surface area contributed by atoms with Crippen molar-refractivity contribution >= 4 is 21.9 Å². The van der Waals surface area contributed by atoms with Gasteiger partial charge >= 0.3 is 5.97 Å². The Morgan fingerprint density at radius 1 is 1.45 bits per heavy atom. The molecule has 0 radical (unpaired) electrons. The van der Waals surface area contributed by atoms with Crippen molar-refractivity contribution < 1.29 is 24.1 Å². The molecule has 4 atom stereocenters. The largest absolute Gasteiger partial charge is 0.489 e. The summed E-state index contributed by atoms with van der Waals surface area (Å²) in [6.45, 7) is -0.0651. The number of epoxide rings is 1. The molecule has 0 bridgehead atoms. The average Bonchev–Trinajstić information content (AvgIpc) is 2.89. The van der Waals surface area contributed by atoms with E-state index in [1.54, 1.807) is 0 Å². The lowest BCUT2D eigenvalue weighted by Crippen LogP contribution is -2.17. The first kappa shape index (κ1) is 12.6. The van der Waals surface area contributed by atoms with Gasteiger partial charge in [0.05, 0.1) is 24.7 Å². The van der Waals surface area contributed by atoms with E-state index < -0.39 is 5.97 Å². The lowest BCUT2D eigenvalue weighted by atomic mass is 9.95. The van der Waals surface area contributed by atoms with E-state index in [1.807, 2.05) is 6.07 Å². The van der Waals surface area contributed by atoms with Crippen molar-refractivity contribution in [2.24, 2.45) is 0 Å². The van der Waals surface area contributed by atoms with E-state index in [9.17, 15) is 4.79 Å². The first-order valence-corrected chi connectivity index (χ1v) is 7.37. The Labute approximate surface area is 123 Å². The maximum atomic E-state index is 10.5. The molecule has 4 rings (SSSR count). The maximum absolute atomic E-state index is 10.5. The van der Waals surface area contributed by atoms with Crippen LogP contribution in [0.2, 0.25) is 0 Å². The number of carbonyl (C=O) groups is 1. The van der Waals surface area contributed by atoms with E-state index in [4.69, 9.17) is 19.3 Å². The Morgan fingerprint density at radius 2 is 2.30 bits per heavy atom. The van der Waals surface area contributed by atoms with Crippen LogP contribution in [-0.2, 0) is 20.9 Å². The van der Waals surface area contributed by atoms with Gasteiger partial charge in [-0.1, -0.05) is 15.9 Å². The lowest BCUT2D eigenvalue weighted by molar-refractivity contribution is -0.142. The molecule has 0 amide bonds. The Balaban J connectivity index is 1.61. The number of carboxylic acids is 1. The standard InChI is InChI=1S/C14H13BrO5/c15-7-1-6(4-18-5-11(16)17)13-8(2-7)12-9(19-13)3-10-14(12)20-10/h1-2,9-10,12,14H,3-5H2,(H,16,17)/t9?,10-,12?,14-/m1/s1. The third-order valence-electron chi connectivity index (χ3n) is 4.11. The summed E-state index contributed by atoms with van der Waals surface area (Å²) in [5.74, 6) is 0.192. The molecule has 2 fully saturated rings. The number of hydrogen-bond acceptors (Lipinski definition) is 4. The van der Waals surface area contributed by atoms with Crippen molar-refractivity contribution in [3.05, 3.63) is 27.7 Å². The summed E-state index contributed by atoms with van der Waals surface area (Å²) in [4.78, 5) is 10.5. The Hall–Kier alpha value is -1.11. The fourth-order valence-corrected chi connectivity index (χ4v) is 3.84. The van der Waals surface area contributed by atoms with Crippen molar-refractivity contribution in [3.63, 3.8) is 0 Å². The van der Waals surface area contributed by atoms with Crippen LogP contribution < -0.4 is 4.74 Å². The van der Waals surface area contributed by atoms with E-state index in [0.29, 0.717) is 18.1 Å². The van der Waals surface area contributed by atoms with Crippen LogP contribution in [0.5, 0.6) is 5.75 Å². The second-order valence-corrected chi connectivity index (χ2v) is 6.34. The molecule has 2 unspecified atom stereocenters. The molecule has 6 heteroatoms. The highest BCUT2D eigenvalue weighted by atomic mass is 79.9. The van der Waals surface area contributed by atoms with E-state index in [1.165, 1.54) is 0 Å². The van der Waals surface area contributed by atoms with Gasteiger partial charge in [0.15, 0.2) is 0 Å². The highest BCUT2D eigenvalue weighted by Crippen LogP contribution is 2.56. The predicted octanol–water partition coefficient (Wildman–Crippen LogP) is 2.07. The molecule has 0 aromatic heterocycles. The summed E-state index contributed by atoms with van der Waals surface area (Å²) in [6.07, 6.45) is 1.80. The molecule has 3 aliphatic rings. The zero-order valence-electron chi connectivity index (χ0n) is 10.5. The maximum Gasteiger partial charge on any atom is 0.329 e. The van der Waals surface area contributed by atoms with E-state index in [0.717, 1.165) is 27.8 Å². The van der Waals surface area contributed by atoms with Gasteiger partial charge in [-0.3, -0.25) is 0 Å². The third kappa shape index (κ3) is 1.94. The van der Waals surface area contributed by atoms with Gasteiger partial charge in [0.25, 0.3) is 0 Å². The number of hydrogen-bond donors (Lipinski definition) is 1. The van der Waals surface area contributed by atoms with E-state index >= 15 is 0 Å². The van der Waals surface area contributed by atoms with Gasteiger partial charge in [-0.05, 0) is 12.1 Å². The molecule has 1 aliphatic carbocycles. The fourth-order valence-electron chi connectivity index (χ4n) is 3.32. The van der Waals surface area contributed by atoms with Gasteiger partial charge in [0.1, 0.15) is 18.5 Å². The molecule has 106 valence electrons. The molecule has 1 N–H and O–H groups in total. The summed E-state index contributed by atoms with van der Waals surface area (Å²) in [6, 6.07) is 4.00. The summed E-state index contributed by atoms with van der Waals surface area (Å²) < 4.78 is 17.8. The summed E-state index contributed by atoms with van der Waals surface area (Å²) in [5, 5.41) is 8.63. The second kappa shape index (κ2) is 4.44. The van der Waals surface area contributed by atoms with Crippen molar-refractivity contribution in [1.82, 2.24) is 0 Å². The van der Waals surface area contributed by atoms with Crippen LogP contribution in [0.15, 0.2) is 16.6 Å². The van der Waals surface area contributed by atoms with Crippen molar-refractivity contribution in [2.75, 3.05) is 6.61 Å². The number of ether oxygens (including phenoxy) is 3. The fraction of sp³-hybridized carbons (Fsp3) is 0.500. The number of halogens is 1. The van der Waals surface area contributed by atoms with E-state index in [2.05, 4.69) is 22.0 Å². The zero-order chi connectivity index (χ0) is 13.9. The predicted molar refractivity (Wildman–Crippen MR) is 71.9 cm³/mol. The van der Waals surface area contributed by atoms with Crippen LogP contribution in [0.3, 0.4) is 0 Å². The highest BCUT2D eigenvalue weighted by Gasteiger charge is 2.60. The number of aliphatic carboxylic acids is 1. The minimum Gasteiger partial charge on any atom is -0.489 e. The van der Waals surface area contributed by atoms with Crippen LogP contribution >= 0.6 is 15.9 Å². The number of carboxylic acid groups (broad SMARTS) is 1. The molecule has 0 spiro atoms. The molecular weight excluding hydrogens is 328 g/mol. The van der Waals surface area contributed by atoms with Gasteiger partial charge in [-0.15, -0.1) is 0 Å². The van der Waals surface area contributed by atoms with Crippen LogP contribution in [0.1, 0.15) is 23.5 Å². The molecular formula is C14H13BrO5. The van der Waals surface area contributed by atoms with Gasteiger partial charge in [0.2, 0.25) is 0 Å². The Bertz CT molecular complexity index is 587. The minimum absolute atomic E-state index is 0.196. The molecule has 2 aliphatic heterocycles. The summed E-state index contributed by atoms with van der Waals surface area (Å²) >= 11 is 3.50. The molecule has 20 heavy (non-hydrogen) atoms. The monoisotopic (exact) mass is 340 g/mol. The van der Waals surface area contributed by atoms with E-state index in [-0.39, 0.29) is 19.3 Å². The van der Waals surface area contributed by atoms with Gasteiger partial charge < -0.3 is 19.3 Å². The molecule has 5 nitrogen and oxygen atoms in total. The lowest BCUT2D eigenvalue weighted by Gasteiger charge is -2.11. The van der Waals surface area contributed by atoms with Crippen LogP contribution in [0, 0.1) is 0 Å². The number of rotatable bonds is 4. The van der Waals surface area contributed by atoms with Gasteiger partial charge in [0, 0.05) is 22.0 Å². The van der Waals surface area contributed by atoms with Crippen molar-refractivity contribution in [2.45, 2.75) is 37.3 Å². The van der Waals surface area contributed by atoms with Crippen LogP contribution in [0.25, 0.3) is 0 Å². The third-order valence-corrected chi connectivity index (χ3v) is 4.57. The first-order valence-electron chi connectivity index (χ1n) is 6.57. The topological polar surface area (TPSA) is 68.3 Å². The van der Waals surface area contributed by atoms with Crippen LogP contribution in [0.4, 0.5) is 0 Å². The first-order chi connectivity index (χ1) is 9.63. The van der Waals surface area contributed by atoms with Crippen molar-refractivity contribution in [1.29, 1.82) is 0 Å². The SMILES string of the molecule is O=C(O)COCc1cc(Br)cc2c1OC1C[C@H]3O[C@H]3C21. The number of fused-ring (bicyclic) bond motifs is 5. The van der Waals surface area contributed by atoms with Gasteiger partial charge in [-0.25, -0.2) is 4.79 Å². The summed E-state index contributed by atoms with van der Waals surface area (Å²) in [7, 11) is 0. The van der Waals surface area contributed by atoms with Crippen molar-refractivity contribution in [3.8, 4) is 5.75 Å². The smallest absolute Gasteiger partial charge is 0.329 e. The Kier molecular flexibility index (Phi) is 2.80. The normalized spacial score (nSPS) is 32.2. The van der Waals surface area contributed by atoms with Crippen LogP contribution in [-0.4, -0.2) is 36.0 Å². The minimum atomic E-state index is -0.969. The molecule has 2 heterocycles.